The summed E-state index contributed by atoms with van der Waals surface area (Å²) in [6.45, 7) is 5.35. The molecule has 0 bridgehead atoms. The van der Waals surface area contributed by atoms with E-state index in [4.69, 9.17) is 4.74 Å². The lowest BCUT2D eigenvalue weighted by atomic mass is 10.1. The van der Waals surface area contributed by atoms with Gasteiger partial charge in [0.05, 0.1) is 13.2 Å². The molecule has 1 heterocycles. The fourth-order valence-corrected chi connectivity index (χ4v) is 3.23. The largest absolute Gasteiger partial charge is 0.465 e. The monoisotopic (exact) mass is 340 g/mol. The summed E-state index contributed by atoms with van der Waals surface area (Å²) in [5, 5.41) is 2.21. The van der Waals surface area contributed by atoms with E-state index < -0.39 is 0 Å². The highest BCUT2D eigenvalue weighted by Gasteiger charge is 2.21. The highest BCUT2D eigenvalue weighted by atomic mass is 16.5. The van der Waals surface area contributed by atoms with Gasteiger partial charge >= 0.3 is 5.97 Å². The first-order chi connectivity index (χ1) is 12.2. The number of amides is 1. The molecule has 3 rings (SSSR count). The zero-order valence-electron chi connectivity index (χ0n) is 14.6. The first kappa shape index (κ1) is 17.4. The molecule has 0 atom stereocenters. The van der Waals surface area contributed by atoms with Crippen molar-refractivity contribution in [3.63, 3.8) is 0 Å². The van der Waals surface area contributed by atoms with Crippen LogP contribution in [0.15, 0.2) is 42.5 Å². The molecule has 0 spiro atoms. The predicted molar refractivity (Wildman–Crippen MR) is 97.5 cm³/mol. The second kappa shape index (κ2) is 8.12. The SMILES string of the molecule is CCOC(=O)CN1CCCN(C(=O)c2ccc3ccccc3c2)CC1. The quantitative estimate of drug-likeness (QED) is 0.803. The van der Waals surface area contributed by atoms with Crippen LogP contribution in [0, 0.1) is 0 Å². The van der Waals surface area contributed by atoms with E-state index in [1.165, 1.54) is 0 Å². The molecule has 5 heteroatoms. The summed E-state index contributed by atoms with van der Waals surface area (Å²) in [7, 11) is 0. The van der Waals surface area contributed by atoms with Crippen LogP contribution in [0.4, 0.5) is 0 Å². The molecular formula is C20H24N2O3. The fraction of sp³-hybridized carbons (Fsp3) is 0.400. The van der Waals surface area contributed by atoms with Crippen LogP contribution in [-0.4, -0.2) is 61.0 Å². The Bertz CT molecular complexity index is 759. The van der Waals surface area contributed by atoms with Crippen molar-refractivity contribution in [1.82, 2.24) is 9.80 Å². The summed E-state index contributed by atoms with van der Waals surface area (Å²) in [6, 6.07) is 13.9. The Morgan fingerprint density at radius 3 is 2.60 bits per heavy atom. The third kappa shape index (κ3) is 4.37. The maximum absolute atomic E-state index is 12.8. The number of esters is 1. The molecule has 0 aliphatic carbocycles. The third-order valence-corrected chi connectivity index (χ3v) is 4.53. The van der Waals surface area contributed by atoms with E-state index in [0.717, 1.165) is 29.3 Å². The Morgan fingerprint density at radius 2 is 1.80 bits per heavy atom. The first-order valence-corrected chi connectivity index (χ1v) is 8.83. The molecule has 0 aromatic heterocycles. The lowest BCUT2D eigenvalue weighted by molar-refractivity contribution is -0.144. The Hall–Kier alpha value is -2.40. The molecule has 0 N–H and O–H groups in total. The van der Waals surface area contributed by atoms with Gasteiger partial charge in [-0.15, -0.1) is 0 Å². The van der Waals surface area contributed by atoms with Gasteiger partial charge in [0.25, 0.3) is 5.91 Å². The van der Waals surface area contributed by atoms with Gasteiger partial charge in [0.1, 0.15) is 0 Å². The molecule has 1 saturated heterocycles. The minimum Gasteiger partial charge on any atom is -0.465 e. The fourth-order valence-electron chi connectivity index (χ4n) is 3.23. The highest BCUT2D eigenvalue weighted by Crippen LogP contribution is 2.17. The van der Waals surface area contributed by atoms with Gasteiger partial charge in [0.2, 0.25) is 0 Å². The van der Waals surface area contributed by atoms with Gasteiger partial charge in [-0.2, -0.15) is 0 Å². The van der Waals surface area contributed by atoms with E-state index in [0.29, 0.717) is 32.8 Å². The van der Waals surface area contributed by atoms with Gasteiger partial charge in [-0.3, -0.25) is 14.5 Å². The van der Waals surface area contributed by atoms with Gasteiger partial charge < -0.3 is 9.64 Å². The molecule has 2 aromatic rings. The zero-order valence-corrected chi connectivity index (χ0v) is 14.6. The topological polar surface area (TPSA) is 49.9 Å². The highest BCUT2D eigenvalue weighted by molar-refractivity contribution is 5.98. The van der Waals surface area contributed by atoms with Crippen LogP contribution in [0.1, 0.15) is 23.7 Å². The Morgan fingerprint density at radius 1 is 1.00 bits per heavy atom. The lowest BCUT2D eigenvalue weighted by Crippen LogP contribution is -2.37. The minimum atomic E-state index is -0.197. The Kier molecular flexibility index (Phi) is 5.66. The third-order valence-electron chi connectivity index (χ3n) is 4.53. The maximum atomic E-state index is 12.8. The summed E-state index contributed by atoms with van der Waals surface area (Å²) in [5.41, 5.74) is 0.720. The molecule has 5 nitrogen and oxygen atoms in total. The number of hydrogen-bond acceptors (Lipinski definition) is 4. The molecule has 0 saturated carbocycles. The van der Waals surface area contributed by atoms with Crippen molar-refractivity contribution >= 4 is 22.6 Å². The number of benzene rings is 2. The molecular weight excluding hydrogens is 316 g/mol. The molecule has 2 aromatic carbocycles. The second-order valence-electron chi connectivity index (χ2n) is 6.29. The van der Waals surface area contributed by atoms with Gasteiger partial charge in [-0.05, 0) is 36.2 Å². The van der Waals surface area contributed by atoms with Gasteiger partial charge in [-0.1, -0.05) is 30.3 Å². The van der Waals surface area contributed by atoms with Crippen molar-refractivity contribution in [3.05, 3.63) is 48.0 Å². The number of nitrogens with zero attached hydrogens (tertiary/aromatic N) is 2. The summed E-state index contributed by atoms with van der Waals surface area (Å²) in [4.78, 5) is 28.4. The molecule has 1 aliphatic rings. The van der Waals surface area contributed by atoms with Crippen LogP contribution in [-0.2, 0) is 9.53 Å². The average molecular weight is 340 g/mol. The Labute approximate surface area is 148 Å². The first-order valence-electron chi connectivity index (χ1n) is 8.83. The Balaban J connectivity index is 1.65. The van der Waals surface area contributed by atoms with Crippen LogP contribution in [0.3, 0.4) is 0 Å². The molecule has 25 heavy (non-hydrogen) atoms. The van der Waals surface area contributed by atoms with Gasteiger partial charge in [0, 0.05) is 31.7 Å². The molecule has 1 fully saturated rings. The van der Waals surface area contributed by atoms with E-state index in [9.17, 15) is 9.59 Å². The zero-order chi connectivity index (χ0) is 17.6. The second-order valence-corrected chi connectivity index (χ2v) is 6.29. The number of rotatable bonds is 4. The van der Waals surface area contributed by atoms with Crippen molar-refractivity contribution in [1.29, 1.82) is 0 Å². The molecule has 0 unspecified atom stereocenters. The van der Waals surface area contributed by atoms with Gasteiger partial charge in [0.15, 0.2) is 0 Å². The van der Waals surface area contributed by atoms with Crippen molar-refractivity contribution in [2.45, 2.75) is 13.3 Å². The summed E-state index contributed by atoms with van der Waals surface area (Å²) >= 11 is 0. The van der Waals surface area contributed by atoms with Crippen LogP contribution in [0.5, 0.6) is 0 Å². The number of ether oxygens (including phenoxy) is 1. The van der Waals surface area contributed by atoms with Crippen LogP contribution in [0.25, 0.3) is 10.8 Å². The van der Waals surface area contributed by atoms with E-state index in [-0.39, 0.29) is 11.9 Å². The van der Waals surface area contributed by atoms with Gasteiger partial charge in [-0.25, -0.2) is 0 Å². The van der Waals surface area contributed by atoms with Crippen LogP contribution >= 0.6 is 0 Å². The predicted octanol–water partition coefficient (Wildman–Crippen LogP) is 2.55. The van der Waals surface area contributed by atoms with Crippen molar-refractivity contribution < 1.29 is 14.3 Å². The summed E-state index contributed by atoms with van der Waals surface area (Å²) in [5.74, 6) is -0.138. The minimum absolute atomic E-state index is 0.0590. The van der Waals surface area contributed by atoms with E-state index in [1.54, 1.807) is 0 Å². The molecule has 132 valence electrons. The van der Waals surface area contributed by atoms with Crippen molar-refractivity contribution in [3.8, 4) is 0 Å². The molecule has 1 amide bonds. The number of carbonyl (C=O) groups is 2. The van der Waals surface area contributed by atoms with Crippen molar-refractivity contribution in [2.75, 3.05) is 39.3 Å². The average Bonchev–Trinajstić information content (AvgIpc) is 2.86. The molecule has 1 aliphatic heterocycles. The smallest absolute Gasteiger partial charge is 0.320 e. The number of hydrogen-bond donors (Lipinski definition) is 0. The number of carbonyl (C=O) groups excluding carboxylic acids is 2. The van der Waals surface area contributed by atoms with Crippen LogP contribution in [0.2, 0.25) is 0 Å². The summed E-state index contributed by atoms with van der Waals surface area (Å²) < 4.78 is 5.01. The number of fused-ring (bicyclic) bond motifs is 1. The lowest BCUT2D eigenvalue weighted by Gasteiger charge is -2.21. The van der Waals surface area contributed by atoms with Crippen LogP contribution < -0.4 is 0 Å². The standard InChI is InChI=1S/C20H24N2O3/c1-2-25-19(23)15-21-10-5-11-22(13-12-21)20(24)18-9-8-16-6-3-4-7-17(16)14-18/h3-4,6-9,14H,2,5,10-13,15H2,1H3. The normalized spacial score (nSPS) is 15.8. The molecule has 0 radical (unpaired) electrons. The van der Waals surface area contributed by atoms with E-state index >= 15 is 0 Å². The van der Waals surface area contributed by atoms with Crippen molar-refractivity contribution in [2.24, 2.45) is 0 Å². The van der Waals surface area contributed by atoms with E-state index in [2.05, 4.69) is 4.90 Å². The maximum Gasteiger partial charge on any atom is 0.320 e. The summed E-state index contributed by atoms with van der Waals surface area (Å²) in [6.07, 6.45) is 0.860. The van der Waals surface area contributed by atoms with E-state index in [1.807, 2.05) is 54.3 Å².